The van der Waals surface area contributed by atoms with Crippen LogP contribution in [0.5, 0.6) is 0 Å². The molecular weight excluding hydrogens is 348 g/mol. The minimum absolute atomic E-state index is 0.0356. The fraction of sp³-hybridized carbons (Fsp3) is 0.562. The Balaban J connectivity index is 1.63. The molecular formula is C16H22N2O4S2. The number of hydrogen-bond donors (Lipinski definition) is 1. The molecule has 6 nitrogen and oxygen atoms in total. The van der Waals surface area contributed by atoms with Crippen molar-refractivity contribution in [2.45, 2.75) is 23.8 Å². The van der Waals surface area contributed by atoms with E-state index in [1.54, 1.807) is 12.1 Å². The first-order chi connectivity index (χ1) is 11.6. The van der Waals surface area contributed by atoms with Crippen molar-refractivity contribution in [3.8, 4) is 0 Å². The van der Waals surface area contributed by atoms with Crippen LogP contribution in [0.2, 0.25) is 0 Å². The zero-order valence-corrected chi connectivity index (χ0v) is 15.1. The van der Waals surface area contributed by atoms with E-state index < -0.39 is 10.0 Å². The summed E-state index contributed by atoms with van der Waals surface area (Å²) < 4.78 is 32.6. The van der Waals surface area contributed by atoms with Crippen LogP contribution in [0.4, 0.5) is 0 Å². The van der Waals surface area contributed by atoms with Crippen molar-refractivity contribution in [2.24, 2.45) is 0 Å². The van der Waals surface area contributed by atoms with Gasteiger partial charge in [0.05, 0.1) is 11.0 Å². The Labute approximate surface area is 147 Å². The highest BCUT2D eigenvalue weighted by Crippen LogP contribution is 2.16. The molecule has 24 heavy (non-hydrogen) atoms. The highest BCUT2D eigenvalue weighted by Gasteiger charge is 2.22. The van der Waals surface area contributed by atoms with Crippen molar-refractivity contribution in [3.63, 3.8) is 0 Å². The number of ether oxygens (including phenoxy) is 1. The highest BCUT2D eigenvalue weighted by molar-refractivity contribution is 7.99. The minimum Gasteiger partial charge on any atom is -0.377 e. The van der Waals surface area contributed by atoms with Crippen LogP contribution in [0.3, 0.4) is 0 Å². The molecule has 1 unspecified atom stereocenters. The molecule has 1 N–H and O–H groups in total. The fourth-order valence-corrected chi connectivity index (χ4v) is 4.79. The molecule has 1 aromatic carbocycles. The van der Waals surface area contributed by atoms with Gasteiger partial charge in [0, 0.05) is 43.3 Å². The summed E-state index contributed by atoms with van der Waals surface area (Å²) in [4.78, 5) is 14.4. The maximum atomic E-state index is 12.4. The molecule has 0 aliphatic carbocycles. The van der Waals surface area contributed by atoms with Crippen molar-refractivity contribution in [1.29, 1.82) is 0 Å². The molecule has 2 saturated heterocycles. The number of benzene rings is 1. The largest absolute Gasteiger partial charge is 0.377 e. The molecule has 132 valence electrons. The first-order valence-electron chi connectivity index (χ1n) is 8.14. The summed E-state index contributed by atoms with van der Waals surface area (Å²) in [6.07, 6.45) is 1.81. The second kappa shape index (κ2) is 7.86. The van der Waals surface area contributed by atoms with E-state index in [0.717, 1.165) is 37.4 Å². The normalized spacial score (nSPS) is 21.8. The molecule has 2 aliphatic rings. The summed E-state index contributed by atoms with van der Waals surface area (Å²) in [6, 6.07) is 6.16. The third-order valence-corrected chi connectivity index (χ3v) is 6.62. The van der Waals surface area contributed by atoms with Crippen LogP contribution in [0.15, 0.2) is 29.2 Å². The maximum absolute atomic E-state index is 12.4. The lowest BCUT2D eigenvalue weighted by Crippen LogP contribution is -2.37. The highest BCUT2D eigenvalue weighted by atomic mass is 32.2. The number of carbonyl (C=O) groups is 1. The van der Waals surface area contributed by atoms with Gasteiger partial charge in [0.25, 0.3) is 5.91 Å². The molecule has 8 heteroatoms. The van der Waals surface area contributed by atoms with Crippen LogP contribution < -0.4 is 4.72 Å². The number of rotatable bonds is 5. The predicted octanol–water partition coefficient (Wildman–Crippen LogP) is 1.33. The zero-order chi connectivity index (χ0) is 17.0. The van der Waals surface area contributed by atoms with E-state index in [1.807, 2.05) is 16.7 Å². The van der Waals surface area contributed by atoms with Crippen LogP contribution in [-0.4, -0.2) is 63.1 Å². The number of nitrogens with zero attached hydrogens (tertiary/aromatic N) is 1. The summed E-state index contributed by atoms with van der Waals surface area (Å²) in [7, 11) is -3.57. The summed E-state index contributed by atoms with van der Waals surface area (Å²) in [5.74, 6) is 1.86. The van der Waals surface area contributed by atoms with Gasteiger partial charge in [0.2, 0.25) is 10.0 Å². The SMILES string of the molecule is O=C(c1ccc(S(=O)(=O)NCC2CCCO2)cc1)N1CCSCC1. The number of hydrogen-bond acceptors (Lipinski definition) is 5. The molecule has 1 atom stereocenters. The smallest absolute Gasteiger partial charge is 0.253 e. The van der Waals surface area contributed by atoms with E-state index in [-0.39, 0.29) is 23.5 Å². The van der Waals surface area contributed by atoms with Crippen molar-refractivity contribution >= 4 is 27.7 Å². The van der Waals surface area contributed by atoms with Gasteiger partial charge in [-0.1, -0.05) is 0 Å². The maximum Gasteiger partial charge on any atom is 0.253 e. The Hall–Kier alpha value is -1.09. The van der Waals surface area contributed by atoms with E-state index in [9.17, 15) is 13.2 Å². The van der Waals surface area contributed by atoms with Gasteiger partial charge in [-0.2, -0.15) is 11.8 Å². The zero-order valence-electron chi connectivity index (χ0n) is 13.4. The number of thioether (sulfide) groups is 1. The van der Waals surface area contributed by atoms with E-state index in [4.69, 9.17) is 4.74 Å². The Morgan fingerprint density at radius 1 is 1.25 bits per heavy atom. The van der Waals surface area contributed by atoms with Gasteiger partial charge in [-0.3, -0.25) is 4.79 Å². The molecule has 0 spiro atoms. The van der Waals surface area contributed by atoms with Crippen LogP contribution in [-0.2, 0) is 14.8 Å². The summed E-state index contributed by atoms with van der Waals surface area (Å²) in [5.41, 5.74) is 0.528. The molecule has 0 aromatic heterocycles. The average molecular weight is 370 g/mol. The van der Waals surface area contributed by atoms with Crippen molar-refractivity contribution in [2.75, 3.05) is 37.7 Å². The van der Waals surface area contributed by atoms with Gasteiger partial charge in [-0.15, -0.1) is 0 Å². The predicted molar refractivity (Wildman–Crippen MR) is 93.8 cm³/mol. The number of amides is 1. The van der Waals surface area contributed by atoms with Crippen LogP contribution >= 0.6 is 11.8 Å². The number of carbonyl (C=O) groups excluding carboxylic acids is 1. The van der Waals surface area contributed by atoms with Crippen LogP contribution in [0, 0.1) is 0 Å². The van der Waals surface area contributed by atoms with Crippen LogP contribution in [0.1, 0.15) is 23.2 Å². The second-order valence-corrected chi connectivity index (χ2v) is 8.91. The quantitative estimate of drug-likeness (QED) is 0.846. The van der Waals surface area contributed by atoms with Gasteiger partial charge in [-0.25, -0.2) is 13.1 Å². The van der Waals surface area contributed by atoms with Crippen molar-refractivity contribution < 1.29 is 17.9 Å². The lowest BCUT2D eigenvalue weighted by atomic mass is 10.2. The molecule has 0 saturated carbocycles. The molecule has 2 aliphatic heterocycles. The molecule has 2 fully saturated rings. The van der Waals surface area contributed by atoms with Gasteiger partial charge >= 0.3 is 0 Å². The molecule has 0 radical (unpaired) electrons. The monoisotopic (exact) mass is 370 g/mol. The van der Waals surface area contributed by atoms with E-state index in [0.29, 0.717) is 12.2 Å². The van der Waals surface area contributed by atoms with Crippen molar-refractivity contribution in [3.05, 3.63) is 29.8 Å². The summed E-state index contributed by atoms with van der Waals surface area (Å²) in [5, 5.41) is 0. The first-order valence-corrected chi connectivity index (χ1v) is 10.8. The van der Waals surface area contributed by atoms with E-state index >= 15 is 0 Å². The molecule has 3 rings (SSSR count). The van der Waals surface area contributed by atoms with Crippen molar-refractivity contribution in [1.82, 2.24) is 9.62 Å². The van der Waals surface area contributed by atoms with E-state index in [2.05, 4.69) is 4.72 Å². The second-order valence-electron chi connectivity index (χ2n) is 5.92. The number of sulfonamides is 1. The first kappa shape index (κ1) is 17.7. The Morgan fingerprint density at radius 3 is 2.58 bits per heavy atom. The summed E-state index contributed by atoms with van der Waals surface area (Å²) >= 11 is 1.84. The fourth-order valence-electron chi connectivity index (χ4n) is 2.82. The Kier molecular flexibility index (Phi) is 5.80. The third kappa shape index (κ3) is 4.30. The number of nitrogens with one attached hydrogen (secondary N) is 1. The lowest BCUT2D eigenvalue weighted by Gasteiger charge is -2.26. The molecule has 1 amide bonds. The third-order valence-electron chi connectivity index (χ3n) is 4.23. The van der Waals surface area contributed by atoms with Gasteiger partial charge in [0.15, 0.2) is 0 Å². The standard InChI is InChI=1S/C16H22N2O4S2/c19-16(18-7-10-23-11-8-18)13-3-5-15(6-4-13)24(20,21)17-12-14-2-1-9-22-14/h3-6,14,17H,1-2,7-12H2. The molecule has 0 bridgehead atoms. The molecule has 2 heterocycles. The van der Waals surface area contributed by atoms with E-state index in [1.165, 1.54) is 12.1 Å². The van der Waals surface area contributed by atoms with Gasteiger partial charge < -0.3 is 9.64 Å². The van der Waals surface area contributed by atoms with Gasteiger partial charge in [0.1, 0.15) is 0 Å². The molecule has 1 aromatic rings. The minimum atomic E-state index is -3.57. The Bertz CT molecular complexity index is 664. The Morgan fingerprint density at radius 2 is 1.96 bits per heavy atom. The average Bonchev–Trinajstić information content (AvgIpc) is 3.14. The van der Waals surface area contributed by atoms with Gasteiger partial charge in [-0.05, 0) is 37.1 Å². The van der Waals surface area contributed by atoms with Crippen LogP contribution in [0.25, 0.3) is 0 Å². The topological polar surface area (TPSA) is 75.7 Å². The lowest BCUT2D eigenvalue weighted by molar-refractivity contribution is 0.0772. The summed E-state index contributed by atoms with van der Waals surface area (Å²) in [6.45, 7) is 2.46.